The largest absolute Gasteiger partial charge is 0.338 e. The zero-order valence-electron chi connectivity index (χ0n) is 18.8. The fourth-order valence-electron chi connectivity index (χ4n) is 4.11. The van der Waals surface area contributed by atoms with Crippen molar-refractivity contribution in [2.75, 3.05) is 18.4 Å². The summed E-state index contributed by atoms with van der Waals surface area (Å²) in [5.74, 6) is 1.30. The van der Waals surface area contributed by atoms with E-state index in [4.69, 9.17) is 0 Å². The molecule has 0 saturated heterocycles. The van der Waals surface area contributed by atoms with Crippen LogP contribution >= 0.6 is 11.3 Å². The molecular formula is C25H34N2O2S. The van der Waals surface area contributed by atoms with Crippen LogP contribution in [-0.4, -0.2) is 29.8 Å². The van der Waals surface area contributed by atoms with Gasteiger partial charge in [-0.3, -0.25) is 9.59 Å². The lowest BCUT2D eigenvalue weighted by Crippen LogP contribution is -2.37. The number of nitrogens with one attached hydrogen (secondary N) is 1. The van der Waals surface area contributed by atoms with E-state index >= 15 is 0 Å². The first-order chi connectivity index (χ1) is 14.3. The normalized spacial score (nSPS) is 15.9. The lowest BCUT2D eigenvalue weighted by Gasteiger charge is -2.28. The second-order valence-electron chi connectivity index (χ2n) is 9.37. The van der Waals surface area contributed by atoms with Crippen LogP contribution < -0.4 is 5.32 Å². The first-order valence-electron chi connectivity index (χ1n) is 11.1. The maximum absolute atomic E-state index is 13.8. The van der Waals surface area contributed by atoms with Crippen LogP contribution in [0.2, 0.25) is 0 Å². The van der Waals surface area contributed by atoms with Crippen molar-refractivity contribution in [2.24, 2.45) is 17.8 Å². The van der Waals surface area contributed by atoms with Crippen LogP contribution in [0.4, 0.5) is 5.00 Å². The van der Waals surface area contributed by atoms with Crippen LogP contribution in [0.15, 0.2) is 30.3 Å². The molecule has 0 bridgehead atoms. The second-order valence-corrected chi connectivity index (χ2v) is 10.5. The van der Waals surface area contributed by atoms with Crippen LogP contribution in [0.5, 0.6) is 0 Å². The molecule has 30 heavy (non-hydrogen) atoms. The van der Waals surface area contributed by atoms with E-state index in [-0.39, 0.29) is 11.8 Å². The van der Waals surface area contributed by atoms with Gasteiger partial charge in [0.2, 0.25) is 0 Å². The molecule has 1 atom stereocenters. The number of anilines is 1. The lowest BCUT2D eigenvalue weighted by atomic mass is 9.88. The molecule has 1 heterocycles. The molecule has 0 spiro atoms. The average molecular weight is 427 g/mol. The Hall–Kier alpha value is -2.14. The molecule has 0 radical (unpaired) electrons. The van der Waals surface area contributed by atoms with E-state index in [1.54, 1.807) is 23.5 Å². The van der Waals surface area contributed by atoms with Crippen LogP contribution in [0.1, 0.15) is 72.2 Å². The van der Waals surface area contributed by atoms with Gasteiger partial charge in [0.1, 0.15) is 5.00 Å². The Labute approximate surface area is 184 Å². The molecule has 2 aromatic rings. The number of thiophene rings is 1. The van der Waals surface area contributed by atoms with Gasteiger partial charge in [-0.15, -0.1) is 11.3 Å². The van der Waals surface area contributed by atoms with Crippen molar-refractivity contribution in [3.8, 4) is 0 Å². The fourth-order valence-corrected chi connectivity index (χ4v) is 5.51. The molecule has 5 heteroatoms. The molecule has 1 N–H and O–H groups in total. The summed E-state index contributed by atoms with van der Waals surface area (Å²) in [4.78, 5) is 29.9. The average Bonchev–Trinajstić information content (AvgIpc) is 3.03. The van der Waals surface area contributed by atoms with Gasteiger partial charge < -0.3 is 10.2 Å². The summed E-state index contributed by atoms with van der Waals surface area (Å²) < 4.78 is 0. The third-order valence-corrected chi connectivity index (χ3v) is 6.62. The highest BCUT2D eigenvalue weighted by molar-refractivity contribution is 7.17. The molecule has 1 aliphatic carbocycles. The predicted molar refractivity (Wildman–Crippen MR) is 125 cm³/mol. The summed E-state index contributed by atoms with van der Waals surface area (Å²) in [7, 11) is 0. The number of hydrogen-bond donors (Lipinski definition) is 1. The molecule has 2 amide bonds. The molecule has 1 aromatic carbocycles. The van der Waals surface area contributed by atoms with E-state index in [0.717, 1.165) is 43.5 Å². The Balaban J connectivity index is 1.98. The summed E-state index contributed by atoms with van der Waals surface area (Å²) in [5, 5.41) is 3.79. The molecule has 0 saturated carbocycles. The van der Waals surface area contributed by atoms with E-state index < -0.39 is 0 Å². The zero-order valence-corrected chi connectivity index (χ0v) is 19.6. The lowest BCUT2D eigenvalue weighted by molar-refractivity contribution is 0.0715. The van der Waals surface area contributed by atoms with E-state index in [2.05, 4.69) is 39.9 Å². The maximum atomic E-state index is 13.8. The Bertz CT molecular complexity index is 876. The van der Waals surface area contributed by atoms with Crippen molar-refractivity contribution < 1.29 is 9.59 Å². The van der Waals surface area contributed by atoms with Gasteiger partial charge in [-0.05, 0) is 54.7 Å². The molecule has 1 aromatic heterocycles. The Morgan fingerprint density at radius 2 is 1.73 bits per heavy atom. The van der Waals surface area contributed by atoms with Crippen molar-refractivity contribution in [1.29, 1.82) is 0 Å². The number of rotatable bonds is 7. The van der Waals surface area contributed by atoms with Crippen LogP contribution in [0, 0.1) is 17.8 Å². The van der Waals surface area contributed by atoms with Crippen molar-refractivity contribution in [3.05, 3.63) is 51.9 Å². The number of benzene rings is 1. The third-order valence-electron chi connectivity index (χ3n) is 5.45. The minimum Gasteiger partial charge on any atom is -0.338 e. The Morgan fingerprint density at radius 3 is 2.33 bits per heavy atom. The van der Waals surface area contributed by atoms with E-state index in [9.17, 15) is 9.59 Å². The summed E-state index contributed by atoms with van der Waals surface area (Å²) in [6.07, 6.45) is 2.98. The van der Waals surface area contributed by atoms with Gasteiger partial charge in [0.05, 0.1) is 5.56 Å². The van der Waals surface area contributed by atoms with Gasteiger partial charge in [-0.25, -0.2) is 0 Å². The van der Waals surface area contributed by atoms with Gasteiger partial charge in [-0.2, -0.15) is 0 Å². The van der Waals surface area contributed by atoms with E-state index in [1.807, 2.05) is 23.1 Å². The summed E-state index contributed by atoms with van der Waals surface area (Å²) in [5.41, 5.74) is 2.49. The van der Waals surface area contributed by atoms with Gasteiger partial charge >= 0.3 is 0 Å². The summed E-state index contributed by atoms with van der Waals surface area (Å²) in [6, 6.07) is 9.21. The third kappa shape index (κ3) is 5.31. The number of nitrogens with zero attached hydrogens (tertiary/aromatic N) is 1. The SMILES string of the molecule is CC(C)CN(CC(C)C)C(=O)c1c(NC(=O)c2ccccc2)sc2c1CCC(C)C2. The van der Waals surface area contributed by atoms with Gasteiger partial charge in [0, 0.05) is 23.5 Å². The van der Waals surface area contributed by atoms with Gasteiger partial charge in [0.15, 0.2) is 0 Å². The fraction of sp³-hybridized carbons (Fsp3) is 0.520. The number of carbonyl (C=O) groups is 2. The topological polar surface area (TPSA) is 49.4 Å². The first kappa shape index (κ1) is 22.5. The van der Waals surface area contributed by atoms with Gasteiger partial charge in [-0.1, -0.05) is 52.8 Å². The van der Waals surface area contributed by atoms with E-state index in [1.165, 1.54) is 4.88 Å². The maximum Gasteiger partial charge on any atom is 0.257 e. The number of hydrogen-bond acceptors (Lipinski definition) is 3. The zero-order chi connectivity index (χ0) is 21.8. The van der Waals surface area contributed by atoms with Crippen LogP contribution in [0.25, 0.3) is 0 Å². The highest BCUT2D eigenvalue weighted by Gasteiger charge is 2.31. The highest BCUT2D eigenvalue weighted by Crippen LogP contribution is 2.40. The van der Waals surface area contributed by atoms with Gasteiger partial charge in [0.25, 0.3) is 11.8 Å². The first-order valence-corrected chi connectivity index (χ1v) is 11.9. The smallest absolute Gasteiger partial charge is 0.257 e. The van der Waals surface area contributed by atoms with Crippen molar-refractivity contribution in [1.82, 2.24) is 4.90 Å². The minimum atomic E-state index is -0.157. The minimum absolute atomic E-state index is 0.0628. The molecular weight excluding hydrogens is 392 g/mol. The number of fused-ring (bicyclic) bond motifs is 1. The molecule has 1 unspecified atom stereocenters. The molecule has 1 aliphatic rings. The molecule has 0 aliphatic heterocycles. The van der Waals surface area contributed by atoms with Crippen molar-refractivity contribution in [2.45, 2.75) is 53.9 Å². The Kier molecular flexibility index (Phi) is 7.35. The molecule has 4 nitrogen and oxygen atoms in total. The van der Waals surface area contributed by atoms with E-state index in [0.29, 0.717) is 28.3 Å². The highest BCUT2D eigenvalue weighted by atomic mass is 32.1. The molecule has 0 fully saturated rings. The number of amides is 2. The molecule has 162 valence electrons. The predicted octanol–water partition coefficient (Wildman–Crippen LogP) is 5.88. The Morgan fingerprint density at radius 1 is 1.10 bits per heavy atom. The van der Waals surface area contributed by atoms with Crippen molar-refractivity contribution in [3.63, 3.8) is 0 Å². The standard InChI is InChI=1S/C25H34N2O2S/c1-16(2)14-27(15-17(3)4)25(29)22-20-12-11-18(5)13-21(20)30-24(22)26-23(28)19-9-7-6-8-10-19/h6-10,16-18H,11-15H2,1-5H3,(H,26,28). The number of carbonyl (C=O) groups excluding carboxylic acids is 2. The van der Waals surface area contributed by atoms with Crippen LogP contribution in [-0.2, 0) is 12.8 Å². The second kappa shape index (κ2) is 9.78. The van der Waals surface area contributed by atoms with Crippen LogP contribution in [0.3, 0.4) is 0 Å². The summed E-state index contributed by atoms with van der Waals surface area (Å²) in [6.45, 7) is 12.3. The molecule has 3 rings (SSSR count). The quantitative estimate of drug-likeness (QED) is 0.601. The summed E-state index contributed by atoms with van der Waals surface area (Å²) >= 11 is 1.59. The van der Waals surface area contributed by atoms with Crippen molar-refractivity contribution >= 4 is 28.2 Å². The monoisotopic (exact) mass is 426 g/mol.